The third-order valence-corrected chi connectivity index (χ3v) is 6.84. The lowest BCUT2D eigenvalue weighted by Crippen LogP contribution is -2.57. The number of para-hydroxylation sites is 1. The van der Waals surface area contributed by atoms with E-state index < -0.39 is 11.4 Å². The van der Waals surface area contributed by atoms with Gasteiger partial charge >= 0.3 is 0 Å². The number of H-pyrrole nitrogens is 1. The van der Waals surface area contributed by atoms with Crippen molar-refractivity contribution in [1.29, 1.82) is 0 Å². The Kier molecular flexibility index (Phi) is 6.43. The van der Waals surface area contributed by atoms with Crippen molar-refractivity contribution in [3.8, 4) is 5.75 Å². The summed E-state index contributed by atoms with van der Waals surface area (Å²) in [4.78, 5) is 28.6. The van der Waals surface area contributed by atoms with Crippen molar-refractivity contribution in [3.05, 3.63) is 70.9 Å². The van der Waals surface area contributed by atoms with Crippen LogP contribution < -0.4 is 25.8 Å². The highest BCUT2D eigenvalue weighted by atomic mass is 19.1. The number of hydrogen-bond donors (Lipinski definition) is 3. The molecule has 10 heteroatoms. The van der Waals surface area contributed by atoms with Crippen molar-refractivity contribution < 1.29 is 9.13 Å². The first-order valence-electron chi connectivity index (χ1n) is 12.1. The average molecular weight is 504 g/mol. The molecule has 2 aromatic heterocycles. The first-order chi connectivity index (χ1) is 17.7. The van der Waals surface area contributed by atoms with E-state index in [9.17, 15) is 9.18 Å². The number of pyridine rings is 1. The van der Waals surface area contributed by atoms with E-state index in [1.54, 1.807) is 37.6 Å². The minimum Gasteiger partial charge on any atom is -0.495 e. The van der Waals surface area contributed by atoms with E-state index in [0.717, 1.165) is 36.8 Å². The Bertz CT molecular complexity index is 1500. The number of rotatable bonds is 6. The topological polar surface area (TPSA) is 98.4 Å². The fourth-order valence-electron chi connectivity index (χ4n) is 4.51. The average Bonchev–Trinajstić information content (AvgIpc) is 2.87. The largest absolute Gasteiger partial charge is 0.495 e. The van der Waals surface area contributed by atoms with Crippen LogP contribution in [0.1, 0.15) is 13.8 Å². The van der Waals surface area contributed by atoms with Crippen LogP contribution in [0.15, 0.2) is 59.5 Å². The van der Waals surface area contributed by atoms with Crippen molar-refractivity contribution in [2.24, 2.45) is 0 Å². The third kappa shape index (κ3) is 5.05. The van der Waals surface area contributed by atoms with Crippen LogP contribution in [0.25, 0.3) is 10.9 Å². The molecule has 1 saturated heterocycles. The van der Waals surface area contributed by atoms with Gasteiger partial charge in [-0.2, -0.15) is 4.98 Å². The number of aromatic nitrogens is 3. The molecule has 1 aliphatic heterocycles. The van der Waals surface area contributed by atoms with Gasteiger partial charge in [0.15, 0.2) is 0 Å². The molecule has 0 aliphatic carbocycles. The molecular weight excluding hydrogens is 473 g/mol. The standard InChI is InChI=1S/C27H30FN7O2/c1-27(2)16-35(13-12-34(27)3)21-9-8-18(15-22(21)37-4)30-26-29-11-10-23(32-26)31-20-14-17-6-5-7-19(28)24(17)33-25(20)36/h5-11,14-15H,12-13,16H2,1-4H3,(H,33,36)(H2,29,30,31,32). The van der Waals surface area contributed by atoms with Crippen LogP contribution in [0.4, 0.5) is 33.2 Å². The molecule has 5 rings (SSSR count). The van der Waals surface area contributed by atoms with Gasteiger partial charge in [-0.15, -0.1) is 0 Å². The van der Waals surface area contributed by atoms with Gasteiger partial charge in [-0.05, 0) is 51.2 Å². The van der Waals surface area contributed by atoms with Gasteiger partial charge in [0.2, 0.25) is 5.95 Å². The van der Waals surface area contributed by atoms with E-state index in [0.29, 0.717) is 17.2 Å². The maximum Gasteiger partial charge on any atom is 0.272 e. The second-order valence-electron chi connectivity index (χ2n) is 9.77. The highest BCUT2D eigenvalue weighted by Crippen LogP contribution is 2.35. The Balaban J connectivity index is 1.35. The molecule has 0 atom stereocenters. The number of benzene rings is 2. The normalized spacial score (nSPS) is 15.5. The van der Waals surface area contributed by atoms with Gasteiger partial charge in [0.25, 0.3) is 5.56 Å². The fraction of sp³-hybridized carbons (Fsp3) is 0.296. The zero-order chi connectivity index (χ0) is 26.2. The van der Waals surface area contributed by atoms with E-state index in [1.165, 1.54) is 6.07 Å². The smallest absolute Gasteiger partial charge is 0.272 e. The molecule has 0 spiro atoms. The van der Waals surface area contributed by atoms with Crippen molar-refractivity contribution >= 4 is 39.7 Å². The number of fused-ring (bicyclic) bond motifs is 1. The lowest BCUT2D eigenvalue weighted by molar-refractivity contribution is 0.138. The Labute approximate surface area is 214 Å². The molecular formula is C27H30FN7O2. The maximum absolute atomic E-state index is 14.0. The van der Waals surface area contributed by atoms with Gasteiger partial charge in [0, 0.05) is 48.5 Å². The van der Waals surface area contributed by atoms with Crippen LogP contribution in [-0.2, 0) is 0 Å². The summed E-state index contributed by atoms with van der Waals surface area (Å²) >= 11 is 0. The summed E-state index contributed by atoms with van der Waals surface area (Å²) in [5.74, 6) is 1.05. The van der Waals surface area contributed by atoms with E-state index in [2.05, 4.69) is 56.3 Å². The van der Waals surface area contributed by atoms with Crippen LogP contribution in [0.3, 0.4) is 0 Å². The molecule has 0 radical (unpaired) electrons. The Morgan fingerprint density at radius 2 is 1.95 bits per heavy atom. The summed E-state index contributed by atoms with van der Waals surface area (Å²) in [6.07, 6.45) is 1.59. The molecule has 3 heterocycles. The first-order valence-corrected chi connectivity index (χ1v) is 12.1. The molecule has 9 nitrogen and oxygen atoms in total. The Morgan fingerprint density at radius 1 is 1.11 bits per heavy atom. The molecule has 0 saturated carbocycles. The van der Waals surface area contributed by atoms with E-state index in [-0.39, 0.29) is 16.7 Å². The highest BCUT2D eigenvalue weighted by Gasteiger charge is 2.32. The summed E-state index contributed by atoms with van der Waals surface area (Å²) in [7, 11) is 3.82. The van der Waals surface area contributed by atoms with Crippen LogP contribution in [-0.4, -0.2) is 59.2 Å². The number of anilines is 5. The van der Waals surface area contributed by atoms with E-state index >= 15 is 0 Å². The van der Waals surface area contributed by atoms with Gasteiger partial charge in [-0.1, -0.05) is 12.1 Å². The number of ether oxygens (including phenoxy) is 1. The molecule has 0 amide bonds. The molecule has 0 unspecified atom stereocenters. The Morgan fingerprint density at radius 3 is 2.73 bits per heavy atom. The number of nitrogens with one attached hydrogen (secondary N) is 3. The summed E-state index contributed by atoms with van der Waals surface area (Å²) < 4.78 is 19.7. The van der Waals surface area contributed by atoms with Crippen LogP contribution >= 0.6 is 0 Å². The van der Waals surface area contributed by atoms with Gasteiger partial charge in [0.05, 0.1) is 18.3 Å². The molecule has 37 heavy (non-hydrogen) atoms. The highest BCUT2D eigenvalue weighted by molar-refractivity contribution is 5.82. The number of piperazine rings is 1. The molecule has 2 aromatic carbocycles. The van der Waals surface area contributed by atoms with E-state index in [1.807, 2.05) is 18.2 Å². The Hall–Kier alpha value is -4.18. The predicted molar refractivity (Wildman–Crippen MR) is 145 cm³/mol. The number of nitrogens with zero attached hydrogens (tertiary/aromatic N) is 4. The van der Waals surface area contributed by atoms with Gasteiger partial charge in [-0.25, -0.2) is 9.37 Å². The minimum atomic E-state index is -0.479. The zero-order valence-corrected chi connectivity index (χ0v) is 21.3. The van der Waals surface area contributed by atoms with Crippen molar-refractivity contribution in [1.82, 2.24) is 19.9 Å². The summed E-state index contributed by atoms with van der Waals surface area (Å²) in [5.41, 5.74) is 1.84. The first kappa shape index (κ1) is 24.5. The SMILES string of the molecule is COc1cc(Nc2nccc(Nc3cc4cccc(F)c4[nH]c3=O)n2)ccc1N1CCN(C)C(C)(C)C1. The quantitative estimate of drug-likeness (QED) is 0.354. The molecule has 1 aliphatic rings. The second kappa shape index (κ2) is 9.70. The van der Waals surface area contributed by atoms with Gasteiger partial charge in [-0.3, -0.25) is 9.69 Å². The number of halogens is 1. The molecule has 192 valence electrons. The summed E-state index contributed by atoms with van der Waals surface area (Å²) in [5, 5.41) is 6.78. The molecule has 3 N–H and O–H groups in total. The van der Waals surface area contributed by atoms with E-state index in [4.69, 9.17) is 4.74 Å². The van der Waals surface area contributed by atoms with Gasteiger partial charge in [0.1, 0.15) is 23.1 Å². The monoisotopic (exact) mass is 503 g/mol. The number of aromatic amines is 1. The van der Waals surface area contributed by atoms with Crippen LogP contribution in [0.5, 0.6) is 5.75 Å². The summed E-state index contributed by atoms with van der Waals surface area (Å²) in [6, 6.07) is 13.8. The van der Waals surface area contributed by atoms with Crippen LogP contribution in [0.2, 0.25) is 0 Å². The lowest BCUT2D eigenvalue weighted by Gasteiger charge is -2.46. The zero-order valence-electron chi connectivity index (χ0n) is 21.3. The second-order valence-corrected chi connectivity index (χ2v) is 9.77. The number of likely N-dealkylation sites (N-methyl/N-ethyl adjacent to an activating group) is 1. The molecule has 0 bridgehead atoms. The van der Waals surface area contributed by atoms with Gasteiger partial charge < -0.3 is 25.3 Å². The van der Waals surface area contributed by atoms with Crippen molar-refractivity contribution in [2.45, 2.75) is 19.4 Å². The number of methoxy groups -OCH3 is 1. The minimum absolute atomic E-state index is 0.0579. The third-order valence-electron chi connectivity index (χ3n) is 6.84. The maximum atomic E-state index is 14.0. The van der Waals surface area contributed by atoms with Crippen LogP contribution in [0, 0.1) is 5.82 Å². The fourth-order valence-corrected chi connectivity index (χ4v) is 4.51. The lowest BCUT2D eigenvalue weighted by atomic mass is 9.99. The summed E-state index contributed by atoms with van der Waals surface area (Å²) in [6.45, 7) is 7.26. The van der Waals surface area contributed by atoms with Crippen molar-refractivity contribution in [3.63, 3.8) is 0 Å². The predicted octanol–water partition coefficient (Wildman–Crippen LogP) is 4.48. The molecule has 4 aromatic rings. The number of hydrogen-bond acceptors (Lipinski definition) is 8. The van der Waals surface area contributed by atoms with Crippen molar-refractivity contribution in [2.75, 3.05) is 49.3 Å². The molecule has 1 fully saturated rings.